The van der Waals surface area contributed by atoms with Crippen LogP contribution in [-0.4, -0.2) is 11.8 Å². The average Bonchev–Trinajstić information content (AvgIpc) is 3.04. The van der Waals surface area contributed by atoms with E-state index in [9.17, 15) is 0 Å². The van der Waals surface area contributed by atoms with Gasteiger partial charge in [-0.3, -0.25) is 0 Å². The van der Waals surface area contributed by atoms with Gasteiger partial charge in [0, 0.05) is 18.5 Å². The second kappa shape index (κ2) is 4.83. The second-order valence-electron chi connectivity index (χ2n) is 3.89. The van der Waals surface area contributed by atoms with Crippen LogP contribution in [0.3, 0.4) is 0 Å². The van der Waals surface area contributed by atoms with Crippen LogP contribution in [0.5, 0.6) is 11.5 Å². The molecule has 0 unspecified atom stereocenters. The fraction of sp³-hybridized carbons (Fsp3) is 0.250. The third-order valence-corrected chi connectivity index (χ3v) is 3.49. The lowest BCUT2D eigenvalue weighted by molar-refractivity contribution is 0.174. The van der Waals surface area contributed by atoms with Crippen molar-refractivity contribution in [1.82, 2.24) is 4.98 Å². The van der Waals surface area contributed by atoms with Gasteiger partial charge < -0.3 is 20.5 Å². The molecule has 0 fully saturated rings. The molecule has 2 heterocycles. The van der Waals surface area contributed by atoms with Gasteiger partial charge in [-0.15, -0.1) is 11.3 Å². The van der Waals surface area contributed by atoms with E-state index in [2.05, 4.69) is 10.3 Å². The molecule has 0 aliphatic carbocycles. The molecule has 1 aliphatic rings. The summed E-state index contributed by atoms with van der Waals surface area (Å²) < 4.78 is 10.6. The Morgan fingerprint density at radius 3 is 3.06 bits per heavy atom. The molecule has 5 nitrogen and oxygen atoms in total. The van der Waals surface area contributed by atoms with Crippen LogP contribution < -0.4 is 20.5 Å². The molecule has 0 radical (unpaired) electrons. The molecule has 0 bridgehead atoms. The van der Waals surface area contributed by atoms with Gasteiger partial charge in [0.25, 0.3) is 0 Å². The lowest BCUT2D eigenvalue weighted by Crippen LogP contribution is -2.00. The third kappa shape index (κ3) is 2.25. The third-order valence-electron chi connectivity index (χ3n) is 2.64. The summed E-state index contributed by atoms with van der Waals surface area (Å²) in [5, 5.41) is 6.11. The van der Waals surface area contributed by atoms with Crippen molar-refractivity contribution in [2.75, 3.05) is 12.1 Å². The monoisotopic (exact) mass is 263 g/mol. The fourth-order valence-electron chi connectivity index (χ4n) is 1.71. The average molecular weight is 263 g/mol. The first kappa shape index (κ1) is 11.3. The smallest absolute Gasteiger partial charge is 0.231 e. The van der Waals surface area contributed by atoms with E-state index in [1.54, 1.807) is 11.3 Å². The molecule has 3 rings (SSSR count). The maximum atomic E-state index is 5.52. The lowest BCUT2D eigenvalue weighted by atomic mass is 10.2. The van der Waals surface area contributed by atoms with E-state index in [-0.39, 0.29) is 0 Å². The summed E-state index contributed by atoms with van der Waals surface area (Å²) in [5.41, 5.74) is 7.56. The highest BCUT2D eigenvalue weighted by atomic mass is 32.1. The molecule has 2 aromatic rings. The number of nitrogens with zero attached hydrogens (tertiary/aromatic N) is 1. The number of hydrogen-bond acceptors (Lipinski definition) is 6. The molecule has 3 N–H and O–H groups in total. The Kier molecular flexibility index (Phi) is 3.04. The lowest BCUT2D eigenvalue weighted by Gasteiger charge is -2.04. The van der Waals surface area contributed by atoms with Gasteiger partial charge in [-0.05, 0) is 17.7 Å². The van der Waals surface area contributed by atoms with Crippen LogP contribution in [-0.2, 0) is 13.1 Å². The SMILES string of the molecule is NCc1csc(NCc2ccc3c(c2)OCO3)n1. The van der Waals surface area contributed by atoms with Crippen molar-refractivity contribution < 1.29 is 9.47 Å². The standard InChI is InChI=1S/C12H13N3O2S/c13-4-9-6-18-12(15-9)14-5-8-1-2-10-11(3-8)17-7-16-10/h1-3,6H,4-5,7,13H2,(H,14,15). The molecule has 6 heteroatoms. The van der Waals surface area contributed by atoms with E-state index < -0.39 is 0 Å². The summed E-state index contributed by atoms with van der Waals surface area (Å²) in [6.45, 7) is 1.48. The summed E-state index contributed by atoms with van der Waals surface area (Å²) in [6.07, 6.45) is 0. The highest BCUT2D eigenvalue weighted by Crippen LogP contribution is 2.32. The van der Waals surface area contributed by atoms with Crippen LogP contribution in [0.1, 0.15) is 11.3 Å². The highest BCUT2D eigenvalue weighted by molar-refractivity contribution is 7.13. The molecule has 1 aromatic heterocycles. The predicted octanol–water partition coefficient (Wildman–Crippen LogP) is 1.94. The number of aromatic nitrogens is 1. The highest BCUT2D eigenvalue weighted by Gasteiger charge is 2.13. The maximum Gasteiger partial charge on any atom is 0.231 e. The van der Waals surface area contributed by atoms with Gasteiger partial charge in [0.15, 0.2) is 16.6 Å². The normalized spacial score (nSPS) is 12.7. The number of rotatable bonds is 4. The molecular formula is C12H13N3O2S. The minimum Gasteiger partial charge on any atom is -0.454 e. The Hall–Kier alpha value is -1.79. The van der Waals surface area contributed by atoms with Crippen molar-refractivity contribution in [1.29, 1.82) is 0 Å². The summed E-state index contributed by atoms with van der Waals surface area (Å²) in [5.74, 6) is 1.61. The number of anilines is 1. The Morgan fingerprint density at radius 2 is 2.22 bits per heavy atom. The van der Waals surface area contributed by atoms with E-state index in [4.69, 9.17) is 15.2 Å². The first-order valence-corrected chi connectivity index (χ1v) is 6.50. The topological polar surface area (TPSA) is 69.4 Å². The largest absolute Gasteiger partial charge is 0.454 e. The van der Waals surface area contributed by atoms with E-state index in [1.807, 2.05) is 23.6 Å². The second-order valence-corrected chi connectivity index (χ2v) is 4.75. The molecule has 0 saturated carbocycles. The zero-order valence-electron chi connectivity index (χ0n) is 9.68. The summed E-state index contributed by atoms with van der Waals surface area (Å²) in [7, 11) is 0. The van der Waals surface area contributed by atoms with Crippen LogP contribution in [0, 0.1) is 0 Å². The number of thiazole rings is 1. The Morgan fingerprint density at radius 1 is 1.33 bits per heavy atom. The first-order chi connectivity index (χ1) is 8.85. The first-order valence-electron chi connectivity index (χ1n) is 5.62. The number of nitrogens with two attached hydrogens (primary N) is 1. The van der Waals surface area contributed by atoms with Crippen LogP contribution in [0.15, 0.2) is 23.6 Å². The van der Waals surface area contributed by atoms with E-state index in [0.717, 1.165) is 27.9 Å². The van der Waals surface area contributed by atoms with Crippen LogP contribution in [0.25, 0.3) is 0 Å². The molecule has 0 spiro atoms. The summed E-state index contributed by atoms with van der Waals surface area (Å²) in [6, 6.07) is 5.91. The summed E-state index contributed by atoms with van der Waals surface area (Å²) >= 11 is 1.56. The van der Waals surface area contributed by atoms with Gasteiger partial charge in [-0.2, -0.15) is 0 Å². The fourth-order valence-corrected chi connectivity index (χ4v) is 2.43. The number of benzene rings is 1. The van der Waals surface area contributed by atoms with Gasteiger partial charge in [0.05, 0.1) is 5.69 Å². The zero-order chi connectivity index (χ0) is 12.4. The van der Waals surface area contributed by atoms with Crippen molar-refractivity contribution in [2.45, 2.75) is 13.1 Å². The molecule has 1 aromatic carbocycles. The minimum absolute atomic E-state index is 0.304. The molecule has 94 valence electrons. The number of nitrogens with one attached hydrogen (secondary N) is 1. The number of fused-ring (bicyclic) bond motifs is 1. The van der Waals surface area contributed by atoms with Crippen molar-refractivity contribution in [3.63, 3.8) is 0 Å². The van der Waals surface area contributed by atoms with Crippen LogP contribution in [0.4, 0.5) is 5.13 Å². The quantitative estimate of drug-likeness (QED) is 0.882. The maximum absolute atomic E-state index is 5.52. The van der Waals surface area contributed by atoms with Crippen LogP contribution in [0.2, 0.25) is 0 Å². The van der Waals surface area contributed by atoms with Gasteiger partial charge in [0.2, 0.25) is 6.79 Å². The Bertz CT molecular complexity index is 556. The molecular weight excluding hydrogens is 250 g/mol. The molecule has 0 saturated heterocycles. The molecule has 18 heavy (non-hydrogen) atoms. The van der Waals surface area contributed by atoms with Gasteiger partial charge >= 0.3 is 0 Å². The van der Waals surface area contributed by atoms with Gasteiger partial charge in [-0.25, -0.2) is 4.98 Å². The van der Waals surface area contributed by atoms with E-state index in [1.165, 1.54) is 0 Å². The van der Waals surface area contributed by atoms with Gasteiger partial charge in [-0.1, -0.05) is 6.07 Å². The predicted molar refractivity (Wildman–Crippen MR) is 69.9 cm³/mol. The molecule has 0 amide bonds. The minimum atomic E-state index is 0.304. The Balaban J connectivity index is 1.66. The number of hydrogen-bond donors (Lipinski definition) is 2. The Labute approximate surface area is 109 Å². The van der Waals surface area contributed by atoms with Gasteiger partial charge in [0.1, 0.15) is 0 Å². The van der Waals surface area contributed by atoms with Crippen molar-refractivity contribution in [2.24, 2.45) is 5.73 Å². The summed E-state index contributed by atoms with van der Waals surface area (Å²) in [4.78, 5) is 4.34. The van der Waals surface area contributed by atoms with E-state index >= 15 is 0 Å². The van der Waals surface area contributed by atoms with E-state index in [0.29, 0.717) is 19.9 Å². The molecule has 0 atom stereocenters. The molecule has 1 aliphatic heterocycles. The van der Waals surface area contributed by atoms with Crippen molar-refractivity contribution in [3.8, 4) is 11.5 Å². The van der Waals surface area contributed by atoms with Crippen molar-refractivity contribution >= 4 is 16.5 Å². The zero-order valence-corrected chi connectivity index (χ0v) is 10.5. The number of ether oxygens (including phenoxy) is 2. The van der Waals surface area contributed by atoms with Crippen LogP contribution >= 0.6 is 11.3 Å². The van der Waals surface area contributed by atoms with Crippen molar-refractivity contribution in [3.05, 3.63) is 34.8 Å².